The first-order valence-electron chi connectivity index (χ1n) is 3.90. The molecule has 80 valence electrons. The summed E-state index contributed by atoms with van der Waals surface area (Å²) in [4.78, 5) is 0. The van der Waals surface area contributed by atoms with E-state index in [1.165, 1.54) is 12.1 Å². The molecule has 0 saturated heterocycles. The van der Waals surface area contributed by atoms with Crippen LogP contribution >= 0.6 is 12.4 Å². The Morgan fingerprint density at radius 2 is 2.00 bits per heavy atom. The van der Waals surface area contributed by atoms with E-state index in [-0.39, 0.29) is 24.2 Å². The van der Waals surface area contributed by atoms with Crippen LogP contribution in [0.3, 0.4) is 0 Å². The molecule has 0 bridgehead atoms. The van der Waals surface area contributed by atoms with E-state index in [9.17, 15) is 8.78 Å². The summed E-state index contributed by atoms with van der Waals surface area (Å²) in [6.07, 6.45) is 0. The van der Waals surface area contributed by atoms with Gasteiger partial charge in [0.2, 0.25) is 0 Å². The van der Waals surface area contributed by atoms with Crippen molar-refractivity contribution >= 4 is 12.4 Å². The first-order valence-corrected chi connectivity index (χ1v) is 3.90. The molecule has 0 aliphatic carbocycles. The van der Waals surface area contributed by atoms with Crippen LogP contribution in [0.4, 0.5) is 8.78 Å². The van der Waals surface area contributed by atoms with Crippen LogP contribution in [0.2, 0.25) is 0 Å². The summed E-state index contributed by atoms with van der Waals surface area (Å²) in [6, 6.07) is 6.20. The highest BCUT2D eigenvalue weighted by molar-refractivity contribution is 5.85. The second-order valence-corrected chi connectivity index (χ2v) is 2.74. The number of ether oxygens (including phenoxy) is 1. The summed E-state index contributed by atoms with van der Waals surface area (Å²) >= 11 is 0. The van der Waals surface area contributed by atoms with E-state index in [0.717, 1.165) is 5.56 Å². The average Bonchev–Trinajstić information content (AvgIpc) is 2.03. The Kier molecular flexibility index (Phi) is 5.42. The fourth-order valence-corrected chi connectivity index (χ4v) is 0.974. The van der Waals surface area contributed by atoms with E-state index < -0.39 is 6.61 Å². The fraction of sp³-hybridized carbons (Fsp3) is 0.333. The average molecular weight is 224 g/mol. The van der Waals surface area contributed by atoms with Crippen molar-refractivity contribution in [2.45, 2.75) is 19.6 Å². The summed E-state index contributed by atoms with van der Waals surface area (Å²) in [7, 11) is 0. The van der Waals surface area contributed by atoms with Gasteiger partial charge in [-0.2, -0.15) is 8.78 Å². The molecule has 0 heterocycles. The zero-order valence-corrected chi connectivity index (χ0v) is 8.43. The van der Waals surface area contributed by atoms with E-state index in [0.29, 0.717) is 0 Å². The maximum absolute atomic E-state index is 11.8. The molecule has 1 rings (SSSR count). The number of hydrogen-bond acceptors (Lipinski definition) is 2. The Balaban J connectivity index is 0.00000169. The maximum Gasteiger partial charge on any atom is 0.387 e. The van der Waals surface area contributed by atoms with Gasteiger partial charge in [0, 0.05) is 6.04 Å². The zero-order chi connectivity index (χ0) is 9.84. The van der Waals surface area contributed by atoms with Gasteiger partial charge in [-0.05, 0) is 24.6 Å². The first-order chi connectivity index (χ1) is 6.09. The molecular formula is C9H12ClF2NO. The van der Waals surface area contributed by atoms with E-state index in [2.05, 4.69) is 4.74 Å². The molecule has 0 aromatic heterocycles. The third-order valence-electron chi connectivity index (χ3n) is 1.61. The van der Waals surface area contributed by atoms with Crippen LogP contribution in [0.5, 0.6) is 5.75 Å². The van der Waals surface area contributed by atoms with Gasteiger partial charge in [0.05, 0.1) is 0 Å². The van der Waals surface area contributed by atoms with Gasteiger partial charge in [-0.1, -0.05) is 12.1 Å². The van der Waals surface area contributed by atoms with Crippen LogP contribution in [-0.2, 0) is 0 Å². The normalized spacial score (nSPS) is 12.1. The minimum Gasteiger partial charge on any atom is -0.435 e. The van der Waals surface area contributed by atoms with Crippen LogP contribution in [0, 0.1) is 0 Å². The number of halogens is 3. The molecule has 0 aliphatic rings. The highest BCUT2D eigenvalue weighted by atomic mass is 35.5. The van der Waals surface area contributed by atoms with Crippen LogP contribution in [0.1, 0.15) is 18.5 Å². The van der Waals surface area contributed by atoms with Gasteiger partial charge in [0.25, 0.3) is 0 Å². The molecular weight excluding hydrogens is 212 g/mol. The third-order valence-corrected chi connectivity index (χ3v) is 1.61. The van der Waals surface area contributed by atoms with Crippen molar-refractivity contribution < 1.29 is 13.5 Å². The zero-order valence-electron chi connectivity index (χ0n) is 7.61. The monoisotopic (exact) mass is 223 g/mol. The number of nitrogens with two attached hydrogens (primary N) is 1. The highest BCUT2D eigenvalue weighted by Crippen LogP contribution is 2.18. The van der Waals surface area contributed by atoms with Crippen molar-refractivity contribution in [3.8, 4) is 5.75 Å². The Hall–Kier alpha value is -0.870. The van der Waals surface area contributed by atoms with Gasteiger partial charge in [-0.3, -0.25) is 0 Å². The molecule has 5 heteroatoms. The van der Waals surface area contributed by atoms with E-state index in [4.69, 9.17) is 5.73 Å². The van der Waals surface area contributed by atoms with Crippen LogP contribution in [-0.4, -0.2) is 6.61 Å². The molecule has 1 aromatic carbocycles. The summed E-state index contributed by atoms with van der Waals surface area (Å²) in [5.74, 6) is 0.143. The molecule has 1 atom stereocenters. The lowest BCUT2D eigenvalue weighted by atomic mass is 10.1. The predicted molar refractivity (Wildman–Crippen MR) is 52.9 cm³/mol. The highest BCUT2D eigenvalue weighted by Gasteiger charge is 2.05. The Morgan fingerprint density at radius 3 is 2.50 bits per heavy atom. The van der Waals surface area contributed by atoms with Crippen LogP contribution in [0.15, 0.2) is 24.3 Å². The van der Waals surface area contributed by atoms with E-state index in [1.54, 1.807) is 19.1 Å². The molecule has 2 N–H and O–H groups in total. The summed E-state index contributed by atoms with van der Waals surface area (Å²) < 4.78 is 27.8. The molecule has 0 aliphatic heterocycles. The third kappa shape index (κ3) is 3.89. The summed E-state index contributed by atoms with van der Waals surface area (Å²) in [6.45, 7) is -1.01. The standard InChI is InChI=1S/C9H11F2NO.ClH/c1-6(12)7-3-2-4-8(5-7)13-9(10)11;/h2-6,9H,12H2,1H3;1H/t6-;/m0./s1. The molecule has 0 spiro atoms. The van der Waals surface area contributed by atoms with Crippen molar-refractivity contribution in [3.63, 3.8) is 0 Å². The fourth-order valence-electron chi connectivity index (χ4n) is 0.974. The maximum atomic E-state index is 11.8. The Labute approximate surface area is 87.5 Å². The lowest BCUT2D eigenvalue weighted by Crippen LogP contribution is -2.06. The number of hydrogen-bond donors (Lipinski definition) is 1. The molecule has 0 fully saturated rings. The second-order valence-electron chi connectivity index (χ2n) is 2.74. The van der Waals surface area contributed by atoms with Gasteiger partial charge < -0.3 is 10.5 Å². The van der Waals surface area contributed by atoms with Crippen molar-refractivity contribution in [1.82, 2.24) is 0 Å². The number of benzene rings is 1. The molecule has 1 aromatic rings. The smallest absolute Gasteiger partial charge is 0.387 e. The Morgan fingerprint density at radius 1 is 1.36 bits per heavy atom. The topological polar surface area (TPSA) is 35.2 Å². The second kappa shape index (κ2) is 5.78. The quantitative estimate of drug-likeness (QED) is 0.855. The Bertz CT molecular complexity index is 281. The molecule has 0 radical (unpaired) electrons. The molecule has 0 unspecified atom stereocenters. The lowest BCUT2D eigenvalue weighted by Gasteiger charge is -2.08. The van der Waals surface area contributed by atoms with Gasteiger partial charge in [0.15, 0.2) is 0 Å². The van der Waals surface area contributed by atoms with Gasteiger partial charge in [-0.25, -0.2) is 0 Å². The van der Waals surface area contributed by atoms with Crippen LogP contribution in [0.25, 0.3) is 0 Å². The van der Waals surface area contributed by atoms with Crippen molar-refractivity contribution in [2.75, 3.05) is 0 Å². The van der Waals surface area contributed by atoms with Crippen molar-refractivity contribution in [1.29, 1.82) is 0 Å². The molecule has 14 heavy (non-hydrogen) atoms. The van der Waals surface area contributed by atoms with E-state index in [1.807, 2.05) is 0 Å². The lowest BCUT2D eigenvalue weighted by molar-refractivity contribution is -0.0498. The summed E-state index contributed by atoms with van der Waals surface area (Å²) in [5, 5.41) is 0. The number of alkyl halides is 2. The van der Waals surface area contributed by atoms with E-state index >= 15 is 0 Å². The molecule has 0 amide bonds. The SMILES string of the molecule is C[C@H](N)c1cccc(OC(F)F)c1.Cl. The minimum atomic E-state index is -2.79. The first kappa shape index (κ1) is 13.1. The minimum absolute atomic E-state index is 0. The van der Waals surface area contributed by atoms with Crippen LogP contribution < -0.4 is 10.5 Å². The number of rotatable bonds is 3. The predicted octanol–water partition coefficient (Wildman–Crippen LogP) is 2.73. The van der Waals surface area contributed by atoms with Gasteiger partial charge in [-0.15, -0.1) is 12.4 Å². The van der Waals surface area contributed by atoms with Crippen molar-refractivity contribution in [3.05, 3.63) is 29.8 Å². The summed E-state index contributed by atoms with van der Waals surface area (Å²) in [5.41, 5.74) is 6.35. The molecule has 0 saturated carbocycles. The van der Waals surface area contributed by atoms with Gasteiger partial charge in [0.1, 0.15) is 5.75 Å². The molecule has 2 nitrogen and oxygen atoms in total. The van der Waals surface area contributed by atoms with Gasteiger partial charge >= 0.3 is 6.61 Å². The van der Waals surface area contributed by atoms with Crippen molar-refractivity contribution in [2.24, 2.45) is 5.73 Å². The largest absolute Gasteiger partial charge is 0.435 e.